The quantitative estimate of drug-likeness (QED) is 0.0330. The number of allylic oxidation sites excluding steroid dienone is 12. The highest BCUT2D eigenvalue weighted by Gasteiger charge is 2.25. The highest BCUT2D eigenvalue weighted by atomic mass is 31.2. The summed E-state index contributed by atoms with van der Waals surface area (Å²) in [6.07, 6.45) is 39.4. The van der Waals surface area contributed by atoms with E-state index in [0.29, 0.717) is 13.0 Å². The Labute approximate surface area is 274 Å². The molecule has 0 amide bonds. The fourth-order valence-electron chi connectivity index (χ4n) is 3.96. The van der Waals surface area contributed by atoms with E-state index in [-0.39, 0.29) is 32.8 Å². The minimum Gasteiger partial charge on any atom is -0.457 e. The van der Waals surface area contributed by atoms with Gasteiger partial charge >= 0.3 is 13.8 Å². The summed E-state index contributed by atoms with van der Waals surface area (Å²) in [5.41, 5.74) is 5.32. The number of hydrogen-bond donors (Lipinski definition) is 2. The number of ether oxygens (including phenoxy) is 2. The van der Waals surface area contributed by atoms with E-state index in [0.717, 1.165) is 51.4 Å². The first-order valence-corrected chi connectivity index (χ1v) is 18.4. The lowest BCUT2D eigenvalue weighted by atomic mass is 10.1. The Morgan fingerprint density at radius 3 is 1.73 bits per heavy atom. The maximum absolute atomic E-state index is 12.4. The second-order valence-electron chi connectivity index (χ2n) is 10.6. The zero-order chi connectivity index (χ0) is 33.1. The minimum absolute atomic E-state index is 0.0817. The number of rotatable bonds is 31. The molecular formula is C36H62NO7P. The number of phosphoric acid groups is 1. The van der Waals surface area contributed by atoms with Crippen LogP contribution >= 0.6 is 7.82 Å². The van der Waals surface area contributed by atoms with Crippen LogP contribution in [0.5, 0.6) is 0 Å². The standard InChI is InChI=1S/C36H62NO7P/c1-3-5-7-9-11-12-13-14-15-16-17-18-19-20-21-22-23-25-27-29-36(38)44-35(34-43-45(39,40)42-32-30-37)33-41-31-28-26-24-10-8-6-4-2/h5,7,11-12,14-15,17-18,20-21,23,25,35H,3-4,6,8-10,13,16,19,22,24,26-34,37H2,1-2H3,(H,39,40)/b7-5-,12-11-,15-14-,18-17-,21-20-,25-23-. The molecule has 9 heteroatoms. The molecule has 0 bridgehead atoms. The van der Waals surface area contributed by atoms with Crippen LogP contribution < -0.4 is 5.73 Å². The Balaban J connectivity index is 4.26. The molecule has 8 nitrogen and oxygen atoms in total. The lowest BCUT2D eigenvalue weighted by Crippen LogP contribution is -2.28. The van der Waals surface area contributed by atoms with Crippen LogP contribution in [0.4, 0.5) is 0 Å². The van der Waals surface area contributed by atoms with E-state index >= 15 is 0 Å². The van der Waals surface area contributed by atoms with Crippen LogP contribution in [0.25, 0.3) is 0 Å². The van der Waals surface area contributed by atoms with Crippen molar-refractivity contribution in [3.63, 3.8) is 0 Å². The van der Waals surface area contributed by atoms with E-state index in [9.17, 15) is 14.3 Å². The van der Waals surface area contributed by atoms with Crippen molar-refractivity contribution in [3.05, 3.63) is 72.9 Å². The molecule has 0 saturated carbocycles. The fourth-order valence-corrected chi connectivity index (χ4v) is 4.73. The topological polar surface area (TPSA) is 117 Å². The SMILES string of the molecule is CC/C=C\C/C=C\C/C=C\C/C=C\C/C=C\C/C=C\CCC(=O)OC(COCCCCCCCCC)COP(=O)(O)OCCN. The Hall–Kier alpha value is -2.06. The summed E-state index contributed by atoms with van der Waals surface area (Å²) in [5, 5.41) is 0. The highest BCUT2D eigenvalue weighted by Crippen LogP contribution is 2.43. The lowest BCUT2D eigenvalue weighted by Gasteiger charge is -2.19. The molecule has 2 unspecified atom stereocenters. The largest absolute Gasteiger partial charge is 0.472 e. The Morgan fingerprint density at radius 1 is 0.689 bits per heavy atom. The molecule has 0 radical (unpaired) electrons. The third kappa shape index (κ3) is 33.1. The van der Waals surface area contributed by atoms with Gasteiger partial charge in [0.05, 0.1) is 19.8 Å². The van der Waals surface area contributed by atoms with Gasteiger partial charge in [0.1, 0.15) is 6.10 Å². The predicted molar refractivity (Wildman–Crippen MR) is 187 cm³/mol. The summed E-state index contributed by atoms with van der Waals surface area (Å²) in [4.78, 5) is 22.2. The number of carbonyl (C=O) groups excluding carboxylic acids is 1. The average Bonchev–Trinajstić information content (AvgIpc) is 3.02. The maximum atomic E-state index is 12.4. The van der Waals surface area contributed by atoms with Crippen molar-refractivity contribution < 1.29 is 32.8 Å². The molecule has 0 aromatic carbocycles. The molecule has 0 fully saturated rings. The Morgan fingerprint density at radius 2 is 1.20 bits per heavy atom. The van der Waals surface area contributed by atoms with Crippen LogP contribution in [-0.2, 0) is 27.9 Å². The van der Waals surface area contributed by atoms with Crippen molar-refractivity contribution in [2.75, 3.05) is 33.0 Å². The number of phosphoric ester groups is 1. The summed E-state index contributed by atoms with van der Waals surface area (Å²) in [6, 6.07) is 0. The second-order valence-corrected chi connectivity index (χ2v) is 12.1. The normalized spacial score (nSPS) is 14.7. The van der Waals surface area contributed by atoms with E-state index in [1.54, 1.807) is 0 Å². The van der Waals surface area contributed by atoms with E-state index in [2.05, 4.69) is 74.6 Å². The molecule has 0 rings (SSSR count). The van der Waals surface area contributed by atoms with Gasteiger partial charge in [-0.15, -0.1) is 0 Å². The minimum atomic E-state index is -4.28. The van der Waals surface area contributed by atoms with Crippen molar-refractivity contribution in [2.24, 2.45) is 5.73 Å². The van der Waals surface area contributed by atoms with Gasteiger partial charge in [-0.3, -0.25) is 13.8 Å². The zero-order valence-electron chi connectivity index (χ0n) is 28.1. The number of hydrogen-bond acceptors (Lipinski definition) is 7. The molecule has 2 atom stereocenters. The van der Waals surface area contributed by atoms with Crippen molar-refractivity contribution in [2.45, 2.75) is 116 Å². The maximum Gasteiger partial charge on any atom is 0.472 e. The molecule has 0 aliphatic heterocycles. The van der Waals surface area contributed by atoms with Gasteiger partial charge in [0.25, 0.3) is 0 Å². The average molecular weight is 652 g/mol. The summed E-state index contributed by atoms with van der Waals surface area (Å²) in [6.45, 7) is 4.62. The lowest BCUT2D eigenvalue weighted by molar-refractivity contribution is -0.154. The van der Waals surface area contributed by atoms with Crippen molar-refractivity contribution in [1.29, 1.82) is 0 Å². The van der Waals surface area contributed by atoms with Crippen LogP contribution in [-0.4, -0.2) is 49.9 Å². The molecule has 0 aliphatic carbocycles. The van der Waals surface area contributed by atoms with Crippen LogP contribution in [0.2, 0.25) is 0 Å². The zero-order valence-corrected chi connectivity index (χ0v) is 29.0. The van der Waals surface area contributed by atoms with Crippen molar-refractivity contribution in [1.82, 2.24) is 0 Å². The van der Waals surface area contributed by atoms with Crippen LogP contribution in [0.1, 0.15) is 110 Å². The summed E-state index contributed by atoms with van der Waals surface area (Å²) >= 11 is 0. The third-order valence-corrected chi connectivity index (χ3v) is 7.39. The van der Waals surface area contributed by atoms with Crippen LogP contribution in [0.15, 0.2) is 72.9 Å². The first-order valence-electron chi connectivity index (χ1n) is 16.9. The number of esters is 1. The van der Waals surface area contributed by atoms with Gasteiger partial charge in [-0.2, -0.15) is 0 Å². The number of nitrogens with two attached hydrogens (primary N) is 1. The second kappa shape index (κ2) is 33.3. The third-order valence-electron chi connectivity index (χ3n) is 6.40. The number of unbranched alkanes of at least 4 members (excludes halogenated alkanes) is 6. The molecular weight excluding hydrogens is 589 g/mol. The fraction of sp³-hybridized carbons (Fsp3) is 0.639. The Kier molecular flexibility index (Phi) is 31.8. The smallest absolute Gasteiger partial charge is 0.457 e. The number of carbonyl (C=O) groups is 1. The highest BCUT2D eigenvalue weighted by molar-refractivity contribution is 7.47. The molecule has 0 heterocycles. The molecule has 3 N–H and O–H groups in total. The van der Waals surface area contributed by atoms with Gasteiger partial charge in [-0.1, -0.05) is 125 Å². The predicted octanol–water partition coefficient (Wildman–Crippen LogP) is 9.24. The van der Waals surface area contributed by atoms with Gasteiger partial charge in [0.2, 0.25) is 0 Å². The first-order chi connectivity index (χ1) is 21.9. The molecule has 0 spiro atoms. The molecule has 258 valence electrons. The van der Waals surface area contributed by atoms with Crippen LogP contribution in [0.3, 0.4) is 0 Å². The van der Waals surface area contributed by atoms with Crippen LogP contribution in [0, 0.1) is 0 Å². The van der Waals surface area contributed by atoms with Gasteiger partial charge in [0.15, 0.2) is 0 Å². The molecule has 0 aliphatic rings. The van der Waals surface area contributed by atoms with Crippen molar-refractivity contribution >= 4 is 13.8 Å². The van der Waals surface area contributed by atoms with E-state index in [1.165, 1.54) is 32.1 Å². The molecule has 0 aromatic rings. The van der Waals surface area contributed by atoms with Gasteiger partial charge in [0, 0.05) is 19.6 Å². The molecule has 0 aromatic heterocycles. The molecule has 0 saturated heterocycles. The first kappa shape index (κ1) is 42.9. The van der Waals surface area contributed by atoms with Gasteiger partial charge < -0.3 is 20.1 Å². The summed E-state index contributed by atoms with van der Waals surface area (Å²) in [7, 11) is -4.28. The summed E-state index contributed by atoms with van der Waals surface area (Å²) < 4.78 is 33.0. The van der Waals surface area contributed by atoms with Crippen molar-refractivity contribution in [3.8, 4) is 0 Å². The van der Waals surface area contributed by atoms with E-state index in [1.807, 2.05) is 12.2 Å². The summed E-state index contributed by atoms with van der Waals surface area (Å²) in [5.74, 6) is -0.418. The Bertz CT molecular complexity index is 911. The van der Waals surface area contributed by atoms with E-state index in [4.69, 9.17) is 24.3 Å². The van der Waals surface area contributed by atoms with E-state index < -0.39 is 19.9 Å². The van der Waals surface area contributed by atoms with Gasteiger partial charge in [-0.05, 0) is 51.4 Å². The van der Waals surface area contributed by atoms with Gasteiger partial charge in [-0.25, -0.2) is 4.57 Å². The monoisotopic (exact) mass is 651 g/mol. The molecule has 45 heavy (non-hydrogen) atoms.